The number of sulfonamides is 1. The van der Waals surface area contributed by atoms with Crippen molar-refractivity contribution in [3.05, 3.63) is 42.6 Å². The van der Waals surface area contributed by atoms with Gasteiger partial charge in [-0.05, 0) is 101 Å². The largest absolute Gasteiger partial charge is 0.471 e. The van der Waals surface area contributed by atoms with E-state index in [0.717, 1.165) is 88.3 Å². The second kappa shape index (κ2) is 16.0. The molecule has 4 aliphatic carbocycles. The van der Waals surface area contributed by atoms with Crippen LogP contribution < -0.4 is 20.1 Å². The summed E-state index contributed by atoms with van der Waals surface area (Å²) in [6.07, 6.45) is 14.1. The predicted octanol–water partition coefficient (Wildman–Crippen LogP) is 5.08. The number of alkyl carbamates (subject to hydrolysis) is 1. The number of ether oxygens (including phenoxy) is 2. The summed E-state index contributed by atoms with van der Waals surface area (Å²) in [5.74, 6) is -0.248. The minimum absolute atomic E-state index is 0.0468. The normalized spacial score (nSPS) is 32.3. The van der Waals surface area contributed by atoms with Crippen LogP contribution in [0.4, 0.5) is 4.79 Å². The third-order valence-electron chi connectivity index (χ3n) is 13.3. The van der Waals surface area contributed by atoms with E-state index in [9.17, 15) is 22.8 Å². The van der Waals surface area contributed by atoms with Crippen molar-refractivity contribution in [3.8, 4) is 5.88 Å². The molecule has 5 fully saturated rings. The van der Waals surface area contributed by atoms with Crippen molar-refractivity contribution in [3.63, 3.8) is 0 Å². The molecule has 0 spiro atoms. The number of nitrogens with zero attached hydrogens (tertiary/aromatic N) is 3. The smallest absolute Gasteiger partial charge is 0.408 e. The van der Waals surface area contributed by atoms with Crippen LogP contribution in [-0.4, -0.2) is 89.4 Å². The number of carbonyl (C=O) groups is 3. The molecule has 1 aromatic carbocycles. The fourth-order valence-corrected chi connectivity index (χ4v) is 11.3. The number of benzene rings is 1. The van der Waals surface area contributed by atoms with E-state index in [2.05, 4.69) is 21.9 Å². The number of carbonyl (C=O) groups excluding carboxylic acids is 3. The number of para-hydroxylation sites is 2. The molecule has 6 aliphatic rings. The van der Waals surface area contributed by atoms with Crippen molar-refractivity contribution in [2.45, 2.75) is 144 Å². The lowest BCUT2D eigenvalue weighted by Gasteiger charge is -2.49. The van der Waals surface area contributed by atoms with Crippen molar-refractivity contribution in [1.82, 2.24) is 30.2 Å². The zero-order chi connectivity index (χ0) is 38.2. The molecule has 1 aromatic heterocycles. The first-order valence-electron chi connectivity index (χ1n) is 20.8. The molecular formula is C41H56N6O7S. The molecule has 2 aromatic rings. The van der Waals surface area contributed by atoms with Gasteiger partial charge in [0.1, 0.15) is 30.0 Å². The van der Waals surface area contributed by atoms with E-state index in [-0.39, 0.29) is 55.2 Å². The molecule has 2 bridgehead atoms. The topological polar surface area (TPSA) is 169 Å². The number of aromatic nitrogens is 2. The van der Waals surface area contributed by atoms with Gasteiger partial charge in [0.15, 0.2) is 0 Å². The maximum Gasteiger partial charge on any atom is 0.408 e. The molecule has 1 saturated heterocycles. The Morgan fingerprint density at radius 1 is 0.927 bits per heavy atom. The molecule has 0 radical (unpaired) electrons. The van der Waals surface area contributed by atoms with Crippen LogP contribution in [0.2, 0.25) is 0 Å². The van der Waals surface area contributed by atoms with Gasteiger partial charge in [0.05, 0.1) is 28.4 Å². The van der Waals surface area contributed by atoms with Gasteiger partial charge < -0.3 is 25.0 Å². The Kier molecular flexibility index (Phi) is 11.1. The number of nitrogens with one attached hydrogen (secondary N) is 3. The monoisotopic (exact) mass is 776 g/mol. The zero-order valence-corrected chi connectivity index (χ0v) is 32.6. The standard InChI is InChI=1S/C41H56N6O7S/c1-2-28-21-22-41(28,25-42-55(51,52)30-19-20-30)46-37(48)34-23-29-24-47(34)39(49)36(27-12-6-7-13-27)45-40(50)54-35-18-10-14-26(35)11-4-3-5-17-33-38(53-29)44-32-16-9-8-15-31(32)43-33/h2,8-9,15-16,26-30,34-36,42H,1,3-7,10-14,17-25H2,(H,45,50)(H,46,48). The van der Waals surface area contributed by atoms with Gasteiger partial charge in [-0.15, -0.1) is 6.58 Å². The quantitative estimate of drug-likeness (QED) is 0.310. The number of hydrogen-bond acceptors (Lipinski definition) is 9. The summed E-state index contributed by atoms with van der Waals surface area (Å²) in [4.78, 5) is 54.6. The van der Waals surface area contributed by atoms with Gasteiger partial charge in [-0.1, -0.05) is 43.9 Å². The first-order valence-corrected chi connectivity index (χ1v) is 22.3. The van der Waals surface area contributed by atoms with Gasteiger partial charge in [-0.3, -0.25) is 9.59 Å². The van der Waals surface area contributed by atoms with Crippen molar-refractivity contribution in [2.75, 3.05) is 13.1 Å². The number of rotatable bonds is 8. The van der Waals surface area contributed by atoms with Gasteiger partial charge >= 0.3 is 6.09 Å². The van der Waals surface area contributed by atoms with Gasteiger partial charge in [0, 0.05) is 18.9 Å². The second-order valence-electron chi connectivity index (χ2n) is 16.9. The third kappa shape index (κ3) is 8.22. The van der Waals surface area contributed by atoms with E-state index in [4.69, 9.17) is 19.4 Å². The second-order valence-corrected chi connectivity index (χ2v) is 19.0. The Labute approximate surface area is 324 Å². The Bertz CT molecular complexity index is 1880. The fraction of sp³-hybridized carbons (Fsp3) is 0.683. The molecular weight excluding hydrogens is 721 g/mol. The van der Waals surface area contributed by atoms with Crippen LogP contribution >= 0.6 is 0 Å². The Morgan fingerprint density at radius 2 is 1.65 bits per heavy atom. The lowest BCUT2D eigenvalue weighted by molar-refractivity contribution is -0.142. The molecule has 7 unspecified atom stereocenters. The van der Waals surface area contributed by atoms with Crippen molar-refractivity contribution in [2.24, 2.45) is 17.8 Å². The summed E-state index contributed by atoms with van der Waals surface area (Å²) in [5.41, 5.74) is 1.38. The first-order chi connectivity index (χ1) is 26.6. The molecule has 13 nitrogen and oxygen atoms in total. The van der Waals surface area contributed by atoms with Crippen LogP contribution in [0.1, 0.15) is 108 Å². The van der Waals surface area contributed by atoms with Crippen LogP contribution in [0.3, 0.4) is 0 Å². The lowest BCUT2D eigenvalue weighted by atomic mass is 9.66. The summed E-state index contributed by atoms with van der Waals surface area (Å²) in [6.45, 7) is 4.15. The highest BCUT2D eigenvalue weighted by Gasteiger charge is 2.52. The highest BCUT2D eigenvalue weighted by molar-refractivity contribution is 7.90. The van der Waals surface area contributed by atoms with Crippen molar-refractivity contribution in [1.29, 1.82) is 0 Å². The molecule has 55 heavy (non-hydrogen) atoms. The van der Waals surface area contributed by atoms with Crippen molar-refractivity contribution < 1.29 is 32.3 Å². The number of hydrogen-bond donors (Lipinski definition) is 3. The molecule has 14 heteroatoms. The maximum absolute atomic E-state index is 14.9. The van der Waals surface area contributed by atoms with E-state index in [1.165, 1.54) is 0 Å². The Hall–Kier alpha value is -3.78. The van der Waals surface area contributed by atoms with E-state index in [1.807, 2.05) is 24.3 Å². The van der Waals surface area contributed by atoms with Gasteiger partial charge in [-0.2, -0.15) is 0 Å². The lowest BCUT2D eigenvalue weighted by Crippen LogP contribution is -2.67. The van der Waals surface area contributed by atoms with E-state index < -0.39 is 45.1 Å². The molecule has 3 heterocycles. The average Bonchev–Trinajstić information content (AvgIpc) is 3.50. The van der Waals surface area contributed by atoms with Crippen LogP contribution in [0.25, 0.3) is 11.0 Å². The Morgan fingerprint density at radius 3 is 2.38 bits per heavy atom. The van der Waals surface area contributed by atoms with Crippen LogP contribution in [0, 0.1) is 17.8 Å². The number of fused-ring (bicyclic) bond motifs is 5. The maximum atomic E-state index is 14.9. The average molecular weight is 777 g/mol. The summed E-state index contributed by atoms with van der Waals surface area (Å²) in [7, 11) is -3.50. The van der Waals surface area contributed by atoms with E-state index in [0.29, 0.717) is 37.1 Å². The van der Waals surface area contributed by atoms with E-state index >= 15 is 0 Å². The fourth-order valence-electron chi connectivity index (χ4n) is 9.80. The summed E-state index contributed by atoms with van der Waals surface area (Å²) >= 11 is 0. The minimum atomic E-state index is -3.50. The molecule has 298 valence electrons. The minimum Gasteiger partial charge on any atom is -0.471 e. The third-order valence-corrected chi connectivity index (χ3v) is 15.2. The van der Waals surface area contributed by atoms with Crippen LogP contribution in [0.5, 0.6) is 5.88 Å². The van der Waals surface area contributed by atoms with Gasteiger partial charge in [0.2, 0.25) is 27.7 Å². The number of aryl methyl sites for hydroxylation is 1. The molecule has 7 atom stereocenters. The first kappa shape index (κ1) is 38.1. The van der Waals surface area contributed by atoms with Gasteiger partial charge in [-0.25, -0.2) is 27.9 Å². The summed E-state index contributed by atoms with van der Waals surface area (Å²) < 4.78 is 41.3. The highest BCUT2D eigenvalue weighted by atomic mass is 32.2. The molecule has 8 rings (SSSR count). The summed E-state index contributed by atoms with van der Waals surface area (Å²) in [6, 6.07) is 5.91. The van der Waals surface area contributed by atoms with E-state index in [1.54, 1.807) is 11.0 Å². The van der Waals surface area contributed by atoms with Crippen LogP contribution in [0.15, 0.2) is 36.9 Å². The highest BCUT2D eigenvalue weighted by Crippen LogP contribution is 2.41. The molecule has 2 aliphatic heterocycles. The van der Waals surface area contributed by atoms with Crippen LogP contribution in [-0.2, 0) is 30.8 Å². The van der Waals surface area contributed by atoms with Gasteiger partial charge in [0.25, 0.3) is 0 Å². The Balaban J connectivity index is 1.11. The molecule has 3 N–H and O–H groups in total. The summed E-state index contributed by atoms with van der Waals surface area (Å²) in [5, 5.41) is 5.83. The molecule has 3 amide bonds. The predicted molar refractivity (Wildman–Crippen MR) is 206 cm³/mol. The van der Waals surface area contributed by atoms with Crippen molar-refractivity contribution >= 4 is 39.0 Å². The number of amides is 3. The SMILES string of the molecule is C=CC1CCC1(CNS(=O)(=O)C1CC1)NC(=O)C1CC2CN1C(=O)C(C1CCCC1)NC(=O)OC1CCCC1CCCCCc1nc3ccccc3nc1O2. The molecule has 4 saturated carbocycles. The zero-order valence-electron chi connectivity index (χ0n) is 31.8.